The van der Waals surface area contributed by atoms with Crippen molar-refractivity contribution in [3.05, 3.63) is 29.3 Å². The number of nitriles is 1. The number of rotatable bonds is 6. The number of nitrogens with zero attached hydrogens (tertiary/aromatic N) is 1. The van der Waals surface area contributed by atoms with Crippen molar-refractivity contribution >= 4 is 10.0 Å². The molecule has 1 rings (SSSR count). The highest BCUT2D eigenvalue weighted by Gasteiger charge is 2.22. The fourth-order valence-electron chi connectivity index (χ4n) is 1.69. The van der Waals surface area contributed by atoms with Crippen LogP contribution < -0.4 is 4.72 Å². The molecule has 0 saturated carbocycles. The standard InChI is InChI=1S/C14H20N2O3S/c1-11-8-13(5-4-12(11)9-15)20(18,19)16-10-14(2,3)6-7-17/h4-5,8,16-17H,6-7,10H2,1-3H3. The van der Waals surface area contributed by atoms with Crippen LogP contribution in [0.25, 0.3) is 0 Å². The van der Waals surface area contributed by atoms with Gasteiger partial charge in [-0.1, -0.05) is 13.8 Å². The van der Waals surface area contributed by atoms with E-state index < -0.39 is 10.0 Å². The Labute approximate surface area is 120 Å². The van der Waals surface area contributed by atoms with Crippen LogP contribution >= 0.6 is 0 Å². The van der Waals surface area contributed by atoms with Gasteiger partial charge in [0.25, 0.3) is 0 Å². The lowest BCUT2D eigenvalue weighted by atomic mass is 9.90. The zero-order valence-corrected chi connectivity index (χ0v) is 12.8. The summed E-state index contributed by atoms with van der Waals surface area (Å²) in [7, 11) is -3.60. The van der Waals surface area contributed by atoms with Crippen molar-refractivity contribution in [1.29, 1.82) is 5.26 Å². The van der Waals surface area contributed by atoms with Crippen molar-refractivity contribution in [3.63, 3.8) is 0 Å². The van der Waals surface area contributed by atoms with Crippen molar-refractivity contribution in [2.75, 3.05) is 13.2 Å². The summed E-state index contributed by atoms with van der Waals surface area (Å²) in [6.07, 6.45) is 0.516. The third-order valence-corrected chi connectivity index (χ3v) is 4.56. The molecule has 0 heterocycles. The number of hydrogen-bond donors (Lipinski definition) is 2. The third-order valence-electron chi connectivity index (χ3n) is 3.16. The first-order chi connectivity index (χ1) is 9.22. The van der Waals surface area contributed by atoms with Gasteiger partial charge in [-0.05, 0) is 42.5 Å². The number of benzene rings is 1. The minimum absolute atomic E-state index is 0.0186. The van der Waals surface area contributed by atoms with Crippen molar-refractivity contribution in [2.24, 2.45) is 5.41 Å². The smallest absolute Gasteiger partial charge is 0.240 e. The van der Waals surface area contributed by atoms with Crippen LogP contribution in [0.4, 0.5) is 0 Å². The van der Waals surface area contributed by atoms with Gasteiger partial charge in [0.15, 0.2) is 0 Å². The van der Waals surface area contributed by atoms with E-state index in [9.17, 15) is 8.42 Å². The number of aliphatic hydroxyl groups excluding tert-OH is 1. The van der Waals surface area contributed by atoms with Gasteiger partial charge in [-0.25, -0.2) is 13.1 Å². The second-order valence-corrected chi connectivity index (χ2v) is 7.32. The SMILES string of the molecule is Cc1cc(S(=O)(=O)NCC(C)(C)CCO)ccc1C#N. The van der Waals surface area contributed by atoms with Crippen LogP contribution in [0.5, 0.6) is 0 Å². The van der Waals surface area contributed by atoms with Crippen LogP contribution in [0.3, 0.4) is 0 Å². The summed E-state index contributed by atoms with van der Waals surface area (Å²) in [5, 5.41) is 17.8. The van der Waals surface area contributed by atoms with E-state index in [0.717, 1.165) is 0 Å². The largest absolute Gasteiger partial charge is 0.396 e. The molecule has 0 aliphatic rings. The Morgan fingerprint density at radius 2 is 2.05 bits per heavy atom. The second kappa shape index (κ2) is 6.35. The lowest BCUT2D eigenvalue weighted by molar-refractivity contribution is 0.213. The highest BCUT2D eigenvalue weighted by molar-refractivity contribution is 7.89. The minimum atomic E-state index is -3.60. The highest BCUT2D eigenvalue weighted by Crippen LogP contribution is 2.20. The molecule has 0 unspecified atom stereocenters. The number of aliphatic hydroxyl groups is 1. The molecule has 0 aliphatic heterocycles. The molecule has 0 aliphatic carbocycles. The Morgan fingerprint density at radius 3 is 2.55 bits per heavy atom. The average molecular weight is 296 g/mol. The van der Waals surface area contributed by atoms with Crippen LogP contribution in [-0.2, 0) is 10.0 Å². The Balaban J connectivity index is 2.90. The van der Waals surface area contributed by atoms with E-state index in [1.165, 1.54) is 18.2 Å². The number of hydrogen-bond acceptors (Lipinski definition) is 4. The lowest BCUT2D eigenvalue weighted by Crippen LogP contribution is -2.34. The summed E-state index contributed by atoms with van der Waals surface area (Å²) in [5.74, 6) is 0. The summed E-state index contributed by atoms with van der Waals surface area (Å²) in [5.41, 5.74) is 0.776. The maximum Gasteiger partial charge on any atom is 0.240 e. The third kappa shape index (κ3) is 4.30. The Bertz CT molecular complexity index is 616. The van der Waals surface area contributed by atoms with E-state index in [-0.39, 0.29) is 23.5 Å². The van der Waals surface area contributed by atoms with Crippen LogP contribution in [0.1, 0.15) is 31.4 Å². The fourth-order valence-corrected chi connectivity index (χ4v) is 3.02. The lowest BCUT2D eigenvalue weighted by Gasteiger charge is -2.23. The first kappa shape index (κ1) is 16.6. The highest BCUT2D eigenvalue weighted by atomic mass is 32.2. The van der Waals surface area contributed by atoms with E-state index in [4.69, 9.17) is 10.4 Å². The first-order valence-corrected chi connectivity index (χ1v) is 7.81. The van der Waals surface area contributed by atoms with Gasteiger partial charge in [-0.2, -0.15) is 5.26 Å². The molecule has 0 spiro atoms. The molecule has 110 valence electrons. The Hall–Kier alpha value is -1.42. The van der Waals surface area contributed by atoms with Gasteiger partial charge in [-0.15, -0.1) is 0 Å². The van der Waals surface area contributed by atoms with Gasteiger partial charge < -0.3 is 5.11 Å². The normalized spacial score (nSPS) is 12.2. The van der Waals surface area contributed by atoms with Gasteiger partial charge in [0, 0.05) is 13.2 Å². The topological polar surface area (TPSA) is 90.2 Å². The summed E-state index contributed by atoms with van der Waals surface area (Å²) >= 11 is 0. The summed E-state index contributed by atoms with van der Waals surface area (Å²) in [4.78, 5) is 0.147. The molecule has 1 aromatic carbocycles. The van der Waals surface area contributed by atoms with Gasteiger partial charge >= 0.3 is 0 Å². The molecular weight excluding hydrogens is 276 g/mol. The fraction of sp³-hybridized carbons (Fsp3) is 0.500. The van der Waals surface area contributed by atoms with E-state index >= 15 is 0 Å². The minimum Gasteiger partial charge on any atom is -0.396 e. The average Bonchev–Trinajstić information content (AvgIpc) is 2.36. The summed E-state index contributed by atoms with van der Waals surface area (Å²) in [6.45, 7) is 5.73. The summed E-state index contributed by atoms with van der Waals surface area (Å²) in [6, 6.07) is 6.42. The van der Waals surface area contributed by atoms with E-state index in [1.54, 1.807) is 6.92 Å². The molecule has 0 amide bonds. The Kier molecular flexibility index (Phi) is 5.28. The molecule has 0 atom stereocenters. The number of sulfonamides is 1. The molecule has 2 N–H and O–H groups in total. The van der Waals surface area contributed by atoms with Crippen molar-refractivity contribution in [1.82, 2.24) is 4.72 Å². The second-order valence-electron chi connectivity index (χ2n) is 5.55. The predicted octanol–water partition coefficient (Wildman–Crippen LogP) is 1.55. The Morgan fingerprint density at radius 1 is 1.40 bits per heavy atom. The molecule has 1 aromatic rings. The molecule has 0 radical (unpaired) electrons. The van der Waals surface area contributed by atoms with Crippen molar-refractivity contribution in [3.8, 4) is 6.07 Å². The monoisotopic (exact) mass is 296 g/mol. The predicted molar refractivity (Wildman–Crippen MR) is 76.6 cm³/mol. The first-order valence-electron chi connectivity index (χ1n) is 6.33. The van der Waals surface area contributed by atoms with E-state index in [2.05, 4.69) is 4.72 Å². The van der Waals surface area contributed by atoms with E-state index in [0.29, 0.717) is 17.5 Å². The van der Waals surface area contributed by atoms with Crippen LogP contribution in [0.2, 0.25) is 0 Å². The van der Waals surface area contributed by atoms with Gasteiger partial charge in [-0.3, -0.25) is 0 Å². The maximum atomic E-state index is 12.2. The van der Waals surface area contributed by atoms with Gasteiger partial charge in [0.05, 0.1) is 16.5 Å². The molecule has 6 heteroatoms. The van der Waals surface area contributed by atoms with Crippen LogP contribution in [0, 0.1) is 23.7 Å². The quantitative estimate of drug-likeness (QED) is 0.833. The molecule has 0 aromatic heterocycles. The van der Waals surface area contributed by atoms with Crippen molar-refractivity contribution in [2.45, 2.75) is 32.1 Å². The molecule has 0 saturated heterocycles. The zero-order chi connectivity index (χ0) is 15.4. The molecule has 0 fully saturated rings. The molecular formula is C14H20N2O3S. The van der Waals surface area contributed by atoms with Crippen molar-refractivity contribution < 1.29 is 13.5 Å². The van der Waals surface area contributed by atoms with Gasteiger partial charge in [0.2, 0.25) is 10.0 Å². The number of nitrogens with one attached hydrogen (secondary N) is 1. The van der Waals surface area contributed by atoms with E-state index in [1.807, 2.05) is 19.9 Å². The summed E-state index contributed by atoms with van der Waals surface area (Å²) < 4.78 is 26.9. The van der Waals surface area contributed by atoms with Crippen LogP contribution in [0.15, 0.2) is 23.1 Å². The maximum absolute atomic E-state index is 12.2. The van der Waals surface area contributed by atoms with Gasteiger partial charge in [0.1, 0.15) is 0 Å². The molecule has 5 nitrogen and oxygen atoms in total. The molecule has 0 bridgehead atoms. The zero-order valence-electron chi connectivity index (χ0n) is 12.0. The van der Waals surface area contributed by atoms with Crippen LogP contribution in [-0.4, -0.2) is 26.7 Å². The molecule has 20 heavy (non-hydrogen) atoms. The number of aryl methyl sites for hydroxylation is 1.